The Bertz CT molecular complexity index is 773. The molecular formula is C17H20BN3O2. The van der Waals surface area contributed by atoms with Crippen LogP contribution in [0.1, 0.15) is 38.8 Å². The maximum absolute atomic E-state index is 9.52. The summed E-state index contributed by atoms with van der Waals surface area (Å²) in [6.45, 7) is 9.98. The minimum absolute atomic E-state index is 0.428. The molecular weight excluding hydrogens is 289 g/mol. The van der Waals surface area contributed by atoms with Gasteiger partial charge in [-0.3, -0.25) is 0 Å². The number of aromatic nitrogens is 2. The molecule has 1 fully saturated rings. The van der Waals surface area contributed by atoms with E-state index in [0.29, 0.717) is 5.56 Å². The molecule has 0 bridgehead atoms. The van der Waals surface area contributed by atoms with Gasteiger partial charge in [-0.05, 0) is 52.3 Å². The molecule has 1 aliphatic heterocycles. The van der Waals surface area contributed by atoms with E-state index >= 15 is 0 Å². The van der Waals surface area contributed by atoms with Gasteiger partial charge in [0.2, 0.25) is 0 Å². The summed E-state index contributed by atoms with van der Waals surface area (Å²) in [6.07, 6.45) is 3.71. The molecule has 1 aromatic carbocycles. The van der Waals surface area contributed by atoms with Crippen LogP contribution < -0.4 is 5.46 Å². The first-order valence-corrected chi connectivity index (χ1v) is 7.65. The molecule has 0 atom stereocenters. The molecule has 0 N–H and O–H groups in total. The fraction of sp³-hybridized carbons (Fsp3) is 0.412. The fourth-order valence-electron chi connectivity index (χ4n) is 2.51. The first-order chi connectivity index (χ1) is 10.7. The van der Waals surface area contributed by atoms with Crippen LogP contribution in [0.2, 0.25) is 0 Å². The van der Waals surface area contributed by atoms with Crippen LogP contribution in [0.15, 0.2) is 30.6 Å². The Kier molecular flexibility index (Phi) is 3.59. The lowest BCUT2D eigenvalue weighted by Gasteiger charge is -2.32. The smallest absolute Gasteiger partial charge is 0.399 e. The second-order valence-corrected chi connectivity index (χ2v) is 6.93. The average Bonchev–Trinajstić information content (AvgIpc) is 3.00. The molecule has 1 saturated heterocycles. The predicted octanol–water partition coefficient (Wildman–Crippen LogP) is 2.35. The Morgan fingerprint density at radius 1 is 1.17 bits per heavy atom. The van der Waals surface area contributed by atoms with Gasteiger partial charge < -0.3 is 9.31 Å². The molecule has 3 rings (SSSR count). The molecule has 1 aliphatic rings. The van der Waals surface area contributed by atoms with E-state index in [-0.39, 0.29) is 0 Å². The minimum atomic E-state index is -0.539. The summed E-state index contributed by atoms with van der Waals surface area (Å²) in [5.74, 6) is 0. The van der Waals surface area contributed by atoms with Crippen LogP contribution in [0.25, 0.3) is 5.69 Å². The number of aryl methyl sites for hydroxylation is 1. The third-order valence-electron chi connectivity index (χ3n) is 4.64. The molecule has 0 radical (unpaired) electrons. The van der Waals surface area contributed by atoms with Crippen molar-refractivity contribution in [3.8, 4) is 11.8 Å². The lowest BCUT2D eigenvalue weighted by Crippen LogP contribution is -2.41. The van der Waals surface area contributed by atoms with E-state index < -0.39 is 18.3 Å². The van der Waals surface area contributed by atoms with E-state index in [4.69, 9.17) is 9.31 Å². The highest BCUT2D eigenvalue weighted by atomic mass is 16.7. The van der Waals surface area contributed by atoms with E-state index in [1.807, 2.05) is 59.0 Å². The SMILES string of the molecule is Cc1cnn(-c2ccc(B3OC(C)(C)C(C)(C)O3)c(C#N)c2)c1. The third-order valence-corrected chi connectivity index (χ3v) is 4.64. The van der Waals surface area contributed by atoms with Crippen LogP contribution in [0.4, 0.5) is 0 Å². The van der Waals surface area contributed by atoms with Gasteiger partial charge in [-0.2, -0.15) is 10.4 Å². The molecule has 0 saturated carbocycles. The van der Waals surface area contributed by atoms with Crippen molar-refractivity contribution in [1.82, 2.24) is 9.78 Å². The number of rotatable bonds is 2. The summed E-state index contributed by atoms with van der Waals surface area (Å²) in [7, 11) is -0.539. The molecule has 0 aliphatic carbocycles. The number of nitrogens with zero attached hydrogens (tertiary/aromatic N) is 3. The summed E-state index contributed by atoms with van der Waals surface area (Å²) in [5.41, 5.74) is 2.34. The molecule has 2 aromatic rings. The molecule has 5 nitrogen and oxygen atoms in total. The number of nitriles is 1. The van der Waals surface area contributed by atoms with Crippen LogP contribution >= 0.6 is 0 Å². The summed E-state index contributed by atoms with van der Waals surface area (Å²) in [6, 6.07) is 7.86. The Hall–Kier alpha value is -2.10. The van der Waals surface area contributed by atoms with E-state index in [2.05, 4.69) is 11.2 Å². The van der Waals surface area contributed by atoms with Gasteiger partial charge in [-0.25, -0.2) is 4.68 Å². The van der Waals surface area contributed by atoms with Gasteiger partial charge in [-0.1, -0.05) is 6.07 Å². The largest absolute Gasteiger partial charge is 0.496 e. The second-order valence-electron chi connectivity index (χ2n) is 6.93. The zero-order valence-electron chi connectivity index (χ0n) is 14.1. The standard InChI is InChI=1S/C17H20BN3O2/c1-12-10-20-21(11-12)14-6-7-15(13(8-14)9-19)18-22-16(2,3)17(4,5)23-18/h6-8,10-11H,1-5H3. The maximum atomic E-state index is 9.52. The van der Waals surface area contributed by atoms with Crippen molar-refractivity contribution in [3.63, 3.8) is 0 Å². The van der Waals surface area contributed by atoms with Gasteiger partial charge in [0.1, 0.15) is 0 Å². The first kappa shape index (κ1) is 15.8. The van der Waals surface area contributed by atoms with Gasteiger partial charge in [0.15, 0.2) is 0 Å². The lowest BCUT2D eigenvalue weighted by molar-refractivity contribution is 0.00578. The molecule has 1 aromatic heterocycles. The van der Waals surface area contributed by atoms with Gasteiger partial charge in [0.25, 0.3) is 0 Å². The van der Waals surface area contributed by atoms with Gasteiger partial charge in [0.05, 0.1) is 34.7 Å². The van der Waals surface area contributed by atoms with Crippen molar-refractivity contribution in [2.75, 3.05) is 0 Å². The quantitative estimate of drug-likeness (QED) is 0.799. The normalized spacial score (nSPS) is 18.9. The molecule has 0 unspecified atom stereocenters. The van der Waals surface area contributed by atoms with Crippen LogP contribution in [-0.4, -0.2) is 28.1 Å². The van der Waals surface area contributed by atoms with Gasteiger partial charge >= 0.3 is 7.12 Å². The van der Waals surface area contributed by atoms with Gasteiger partial charge in [0, 0.05) is 11.7 Å². The lowest BCUT2D eigenvalue weighted by atomic mass is 9.76. The number of benzene rings is 1. The molecule has 23 heavy (non-hydrogen) atoms. The van der Waals surface area contributed by atoms with Crippen LogP contribution in [0.3, 0.4) is 0 Å². The Labute approximate surface area is 137 Å². The number of hydrogen-bond donors (Lipinski definition) is 0. The molecule has 6 heteroatoms. The van der Waals surface area contributed by atoms with E-state index in [0.717, 1.165) is 16.7 Å². The first-order valence-electron chi connectivity index (χ1n) is 7.65. The van der Waals surface area contributed by atoms with Crippen molar-refractivity contribution in [1.29, 1.82) is 5.26 Å². The zero-order chi connectivity index (χ0) is 16.8. The maximum Gasteiger partial charge on any atom is 0.496 e. The predicted molar refractivity (Wildman–Crippen MR) is 88.7 cm³/mol. The fourth-order valence-corrected chi connectivity index (χ4v) is 2.51. The molecule has 118 valence electrons. The van der Waals surface area contributed by atoms with Crippen LogP contribution in [-0.2, 0) is 9.31 Å². The van der Waals surface area contributed by atoms with Crippen LogP contribution in [0.5, 0.6) is 0 Å². The highest BCUT2D eigenvalue weighted by Crippen LogP contribution is 2.36. The molecule has 0 amide bonds. The van der Waals surface area contributed by atoms with Crippen molar-refractivity contribution in [2.24, 2.45) is 0 Å². The molecule has 2 heterocycles. The monoisotopic (exact) mass is 309 g/mol. The minimum Gasteiger partial charge on any atom is -0.399 e. The van der Waals surface area contributed by atoms with Crippen molar-refractivity contribution in [3.05, 3.63) is 41.7 Å². The van der Waals surface area contributed by atoms with Gasteiger partial charge in [-0.15, -0.1) is 0 Å². The van der Waals surface area contributed by atoms with Crippen molar-refractivity contribution in [2.45, 2.75) is 45.8 Å². The number of hydrogen-bond acceptors (Lipinski definition) is 4. The Balaban J connectivity index is 1.98. The average molecular weight is 309 g/mol. The van der Waals surface area contributed by atoms with E-state index in [9.17, 15) is 5.26 Å². The summed E-state index contributed by atoms with van der Waals surface area (Å²) < 4.78 is 13.8. The summed E-state index contributed by atoms with van der Waals surface area (Å²) >= 11 is 0. The highest BCUT2D eigenvalue weighted by molar-refractivity contribution is 6.62. The summed E-state index contributed by atoms with van der Waals surface area (Å²) in [5, 5.41) is 13.8. The van der Waals surface area contributed by atoms with E-state index in [1.54, 1.807) is 10.9 Å². The third kappa shape index (κ3) is 2.67. The van der Waals surface area contributed by atoms with Crippen molar-refractivity contribution >= 4 is 12.6 Å². The highest BCUT2D eigenvalue weighted by Gasteiger charge is 2.52. The summed E-state index contributed by atoms with van der Waals surface area (Å²) in [4.78, 5) is 0. The van der Waals surface area contributed by atoms with Crippen molar-refractivity contribution < 1.29 is 9.31 Å². The Morgan fingerprint density at radius 3 is 2.35 bits per heavy atom. The Morgan fingerprint density at radius 2 is 1.83 bits per heavy atom. The van der Waals surface area contributed by atoms with E-state index in [1.165, 1.54) is 0 Å². The molecule has 0 spiro atoms. The van der Waals surface area contributed by atoms with Crippen LogP contribution in [0, 0.1) is 18.3 Å². The zero-order valence-corrected chi connectivity index (χ0v) is 14.1. The second kappa shape index (κ2) is 5.22. The topological polar surface area (TPSA) is 60.1 Å².